The average molecular weight is 520 g/mol. The van der Waals surface area contributed by atoms with E-state index in [0.29, 0.717) is 5.92 Å². The molecule has 0 amide bonds. The van der Waals surface area contributed by atoms with E-state index in [4.69, 9.17) is 4.99 Å². The minimum Gasteiger partial charge on any atom is -0.288 e. The van der Waals surface area contributed by atoms with E-state index in [1.54, 1.807) is 6.08 Å². The summed E-state index contributed by atoms with van der Waals surface area (Å²) >= 11 is 0. The molecule has 1 heteroatoms. The van der Waals surface area contributed by atoms with E-state index in [-0.39, 0.29) is 0 Å². The summed E-state index contributed by atoms with van der Waals surface area (Å²) in [6, 6.07) is 39.5. The van der Waals surface area contributed by atoms with Crippen molar-refractivity contribution in [1.29, 1.82) is 0 Å². The Bertz CT molecular complexity index is 1500. The Hall–Kier alpha value is -4.49. The number of rotatable bonds is 10. The van der Waals surface area contributed by atoms with E-state index >= 15 is 0 Å². The maximum Gasteiger partial charge on any atom is 0.0464 e. The predicted octanol–water partition coefficient (Wildman–Crippen LogP) is 9.72. The third-order valence-corrected chi connectivity index (χ3v) is 7.46. The topological polar surface area (TPSA) is 12.4 Å². The van der Waals surface area contributed by atoms with Crippen LogP contribution in [0.3, 0.4) is 0 Å². The molecule has 5 rings (SSSR count). The van der Waals surface area contributed by atoms with Gasteiger partial charge >= 0.3 is 0 Å². The summed E-state index contributed by atoms with van der Waals surface area (Å²) in [5.74, 6) is 0.340. The van der Waals surface area contributed by atoms with Gasteiger partial charge in [0.15, 0.2) is 0 Å². The number of hydrogen-bond acceptors (Lipinski definition) is 1. The van der Waals surface area contributed by atoms with Gasteiger partial charge in [-0.1, -0.05) is 152 Å². The van der Waals surface area contributed by atoms with E-state index < -0.39 is 0 Å². The Kier molecular flexibility index (Phi) is 9.52. The van der Waals surface area contributed by atoms with Gasteiger partial charge in [0.05, 0.1) is 0 Å². The average Bonchev–Trinajstić information content (AvgIpc) is 3.23. The first kappa shape index (κ1) is 27.1. The van der Waals surface area contributed by atoms with Crippen LogP contribution < -0.4 is 0 Å². The highest BCUT2D eigenvalue weighted by atomic mass is 14.8. The lowest BCUT2D eigenvalue weighted by Gasteiger charge is -2.19. The Labute approximate surface area is 239 Å². The van der Waals surface area contributed by atoms with Gasteiger partial charge in [0.1, 0.15) is 0 Å². The molecule has 0 radical (unpaired) electrons. The fraction of sp³-hybridized carbons (Fsp3) is 0.154. The van der Waals surface area contributed by atoms with Gasteiger partial charge in [-0.25, -0.2) is 0 Å². The summed E-state index contributed by atoms with van der Waals surface area (Å²) in [6.45, 7) is 4.50. The van der Waals surface area contributed by atoms with Crippen molar-refractivity contribution in [2.45, 2.75) is 25.7 Å². The van der Waals surface area contributed by atoms with Crippen LogP contribution in [0.2, 0.25) is 0 Å². The second-order valence-electron chi connectivity index (χ2n) is 10.3. The van der Waals surface area contributed by atoms with Crippen molar-refractivity contribution in [3.63, 3.8) is 0 Å². The van der Waals surface area contributed by atoms with Gasteiger partial charge in [-0.3, -0.25) is 4.99 Å². The molecule has 4 aromatic carbocycles. The van der Waals surface area contributed by atoms with Crippen LogP contribution >= 0.6 is 0 Å². The van der Waals surface area contributed by atoms with Crippen molar-refractivity contribution in [2.24, 2.45) is 10.9 Å². The molecule has 0 fully saturated rings. The first-order valence-electron chi connectivity index (χ1n) is 14.3. The zero-order valence-electron chi connectivity index (χ0n) is 23.1. The number of aryl methyl sites for hydroxylation is 1. The van der Waals surface area contributed by atoms with Gasteiger partial charge < -0.3 is 0 Å². The lowest BCUT2D eigenvalue weighted by molar-refractivity contribution is 0.682. The van der Waals surface area contributed by atoms with Crippen LogP contribution in [0.5, 0.6) is 0 Å². The summed E-state index contributed by atoms with van der Waals surface area (Å²) in [4.78, 5) is 5.12. The van der Waals surface area contributed by atoms with Crippen molar-refractivity contribution < 1.29 is 0 Å². The zero-order valence-corrected chi connectivity index (χ0v) is 23.1. The normalized spacial score (nSPS) is 15.6. The molecule has 1 unspecified atom stereocenters. The summed E-state index contributed by atoms with van der Waals surface area (Å²) in [6.07, 6.45) is 16.4. The molecule has 4 aromatic rings. The van der Waals surface area contributed by atoms with Gasteiger partial charge in [-0.2, -0.15) is 0 Å². The van der Waals surface area contributed by atoms with Crippen LogP contribution in [0.1, 0.15) is 35.1 Å². The van der Waals surface area contributed by atoms with Gasteiger partial charge in [0.25, 0.3) is 0 Å². The van der Waals surface area contributed by atoms with Gasteiger partial charge in [-0.15, -0.1) is 0 Å². The Balaban J connectivity index is 1.31. The highest BCUT2D eigenvalue weighted by Crippen LogP contribution is 2.31. The zero-order chi connectivity index (χ0) is 27.4. The van der Waals surface area contributed by atoms with Crippen molar-refractivity contribution in [2.75, 3.05) is 6.54 Å². The smallest absolute Gasteiger partial charge is 0.0464 e. The van der Waals surface area contributed by atoms with Crippen LogP contribution in [-0.2, 0) is 12.8 Å². The molecule has 1 aliphatic heterocycles. The molecule has 0 N–H and O–H groups in total. The lowest BCUT2D eigenvalue weighted by Crippen LogP contribution is -2.11. The Morgan fingerprint density at radius 3 is 2.15 bits per heavy atom. The maximum atomic E-state index is 5.12. The van der Waals surface area contributed by atoms with Gasteiger partial charge in [-0.05, 0) is 58.2 Å². The van der Waals surface area contributed by atoms with E-state index in [9.17, 15) is 0 Å². The third-order valence-electron chi connectivity index (χ3n) is 7.46. The second kappa shape index (κ2) is 14.1. The molecule has 0 aromatic heterocycles. The van der Waals surface area contributed by atoms with Crippen molar-refractivity contribution >= 4 is 11.3 Å². The standard InChI is InChI=1S/C39H37N/c1-2-3-4-5-6-9-15-31-16-14-21-36(28-31)33-24-22-32(23-25-33)29-37-30-40-39(35-19-12-8-13-20-35)27-26-38(37)34-17-10-7-11-18-34/h2-8,10-14,16-26,28,37H,1,9,15,27,29-30H2/b4-3-,6-5-. The molecule has 1 aliphatic rings. The number of benzene rings is 4. The molecule has 0 spiro atoms. The molecular weight excluding hydrogens is 482 g/mol. The van der Waals surface area contributed by atoms with Gasteiger partial charge in [0, 0.05) is 24.6 Å². The molecule has 0 saturated heterocycles. The van der Waals surface area contributed by atoms with Crippen LogP contribution in [0.15, 0.2) is 157 Å². The number of nitrogens with zero attached hydrogens (tertiary/aromatic N) is 1. The molecule has 0 aliphatic carbocycles. The molecule has 40 heavy (non-hydrogen) atoms. The van der Waals surface area contributed by atoms with E-state index in [1.807, 2.05) is 12.2 Å². The monoisotopic (exact) mass is 519 g/mol. The molecule has 1 atom stereocenters. The summed E-state index contributed by atoms with van der Waals surface area (Å²) in [7, 11) is 0. The lowest BCUT2D eigenvalue weighted by atomic mass is 9.86. The van der Waals surface area contributed by atoms with Crippen molar-refractivity contribution in [3.05, 3.63) is 174 Å². The van der Waals surface area contributed by atoms with Crippen molar-refractivity contribution in [1.82, 2.24) is 0 Å². The number of aliphatic imine (C=N–C) groups is 1. The molecule has 0 bridgehead atoms. The molecule has 0 saturated carbocycles. The van der Waals surface area contributed by atoms with E-state index in [1.165, 1.54) is 44.7 Å². The highest BCUT2D eigenvalue weighted by molar-refractivity contribution is 6.02. The SMILES string of the molecule is C=C/C=C\C=C/CCc1cccc(-c2ccc(CC3CN=C(c4ccccc4)CC=C3c3ccccc3)cc2)c1. The number of hydrogen-bond donors (Lipinski definition) is 0. The predicted molar refractivity (Wildman–Crippen MR) is 173 cm³/mol. The fourth-order valence-corrected chi connectivity index (χ4v) is 5.35. The highest BCUT2D eigenvalue weighted by Gasteiger charge is 2.20. The first-order chi connectivity index (χ1) is 19.8. The van der Waals surface area contributed by atoms with E-state index in [0.717, 1.165) is 32.2 Å². The van der Waals surface area contributed by atoms with Crippen molar-refractivity contribution in [3.8, 4) is 11.1 Å². The van der Waals surface area contributed by atoms with Crippen LogP contribution in [-0.4, -0.2) is 12.3 Å². The minimum atomic E-state index is 0.340. The quantitative estimate of drug-likeness (QED) is 0.185. The van der Waals surface area contributed by atoms with Crippen LogP contribution in [0, 0.1) is 5.92 Å². The Morgan fingerprint density at radius 2 is 1.40 bits per heavy atom. The molecular formula is C39H37N. The fourth-order valence-electron chi connectivity index (χ4n) is 5.35. The Morgan fingerprint density at radius 1 is 0.675 bits per heavy atom. The van der Waals surface area contributed by atoms with Gasteiger partial charge in [0.2, 0.25) is 0 Å². The molecule has 1 heterocycles. The number of allylic oxidation sites excluding steroid dienone is 6. The molecule has 1 nitrogen and oxygen atoms in total. The summed E-state index contributed by atoms with van der Waals surface area (Å²) in [5.41, 5.74) is 10.4. The summed E-state index contributed by atoms with van der Waals surface area (Å²) in [5, 5.41) is 0. The minimum absolute atomic E-state index is 0.340. The third kappa shape index (κ3) is 7.33. The van der Waals surface area contributed by atoms with Crippen LogP contribution in [0.4, 0.5) is 0 Å². The first-order valence-corrected chi connectivity index (χ1v) is 14.3. The second-order valence-corrected chi connectivity index (χ2v) is 10.3. The summed E-state index contributed by atoms with van der Waals surface area (Å²) < 4.78 is 0. The van der Waals surface area contributed by atoms with Crippen LogP contribution in [0.25, 0.3) is 16.7 Å². The van der Waals surface area contributed by atoms with E-state index in [2.05, 4.69) is 134 Å². The maximum absolute atomic E-state index is 5.12. The largest absolute Gasteiger partial charge is 0.288 e. The molecule has 198 valence electrons.